The molecule has 1 aromatic heterocycles. The average Bonchev–Trinajstić information content (AvgIpc) is 2.97. The molecule has 1 heterocycles. The molecule has 0 saturated carbocycles. The highest BCUT2D eigenvalue weighted by Crippen LogP contribution is 2.22. The lowest BCUT2D eigenvalue weighted by Gasteiger charge is -2.18. The van der Waals surface area contributed by atoms with E-state index in [1.807, 2.05) is 19.9 Å². The van der Waals surface area contributed by atoms with Crippen LogP contribution in [0.5, 0.6) is 0 Å². The van der Waals surface area contributed by atoms with Crippen LogP contribution < -0.4 is 4.31 Å². The number of nitrogens with zero attached hydrogens (tertiary/aromatic N) is 4. The fourth-order valence-electron chi connectivity index (χ4n) is 1.78. The molecule has 0 spiro atoms. The Morgan fingerprint density at radius 1 is 1.29 bits per heavy atom. The van der Waals surface area contributed by atoms with E-state index in [2.05, 4.69) is 5.10 Å². The van der Waals surface area contributed by atoms with E-state index in [1.54, 1.807) is 28.9 Å². The van der Waals surface area contributed by atoms with Crippen molar-refractivity contribution in [1.82, 2.24) is 9.78 Å². The Kier molecular flexibility index (Phi) is 4.00. The monoisotopic (exact) mass is 304 g/mol. The number of benzene rings is 1. The predicted octanol–water partition coefficient (Wildman–Crippen LogP) is 2.16. The quantitative estimate of drug-likeness (QED) is 0.867. The van der Waals surface area contributed by atoms with Gasteiger partial charge in [-0.3, -0.25) is 8.99 Å². The summed E-state index contributed by atoms with van der Waals surface area (Å²) >= 11 is 0. The van der Waals surface area contributed by atoms with E-state index in [4.69, 9.17) is 5.26 Å². The Balaban J connectivity index is 2.35. The topological polar surface area (TPSA) is 79.0 Å². The third-order valence-corrected chi connectivity index (χ3v) is 4.86. The third kappa shape index (κ3) is 2.90. The van der Waals surface area contributed by atoms with Crippen molar-refractivity contribution < 1.29 is 8.42 Å². The van der Waals surface area contributed by atoms with Gasteiger partial charge in [-0.05, 0) is 38.1 Å². The van der Waals surface area contributed by atoms with E-state index in [0.29, 0.717) is 11.3 Å². The molecule has 0 fully saturated rings. The van der Waals surface area contributed by atoms with Crippen LogP contribution >= 0.6 is 0 Å². The Labute approximate surface area is 124 Å². The van der Waals surface area contributed by atoms with Crippen LogP contribution in [0.1, 0.15) is 25.5 Å². The SMILES string of the molecule is CC(C)n1cc(S(=O)(=O)N(C)c2ccc(C#N)cc2)cn1. The van der Waals surface area contributed by atoms with Crippen molar-refractivity contribution in [1.29, 1.82) is 5.26 Å². The van der Waals surface area contributed by atoms with Crippen molar-refractivity contribution in [3.8, 4) is 6.07 Å². The van der Waals surface area contributed by atoms with E-state index in [-0.39, 0.29) is 10.9 Å². The molecule has 0 aliphatic rings. The molecule has 0 aliphatic heterocycles. The molecule has 2 aromatic rings. The largest absolute Gasteiger partial charge is 0.269 e. The highest BCUT2D eigenvalue weighted by atomic mass is 32.2. The molecule has 2 rings (SSSR count). The van der Waals surface area contributed by atoms with Gasteiger partial charge in [0.25, 0.3) is 10.0 Å². The van der Waals surface area contributed by atoms with Gasteiger partial charge < -0.3 is 0 Å². The fourth-order valence-corrected chi connectivity index (χ4v) is 2.92. The van der Waals surface area contributed by atoms with Crippen LogP contribution in [0.4, 0.5) is 5.69 Å². The molecule has 0 N–H and O–H groups in total. The van der Waals surface area contributed by atoms with E-state index in [9.17, 15) is 8.42 Å². The summed E-state index contributed by atoms with van der Waals surface area (Å²) in [5.41, 5.74) is 0.975. The minimum Gasteiger partial charge on any atom is -0.269 e. The van der Waals surface area contributed by atoms with Crippen LogP contribution in [0.3, 0.4) is 0 Å². The maximum absolute atomic E-state index is 12.5. The molecular weight excluding hydrogens is 288 g/mol. The van der Waals surface area contributed by atoms with Gasteiger partial charge in [-0.25, -0.2) is 8.42 Å². The smallest absolute Gasteiger partial charge is 0.267 e. The molecule has 110 valence electrons. The highest BCUT2D eigenvalue weighted by molar-refractivity contribution is 7.92. The third-order valence-electron chi connectivity index (χ3n) is 3.13. The summed E-state index contributed by atoms with van der Waals surface area (Å²) in [7, 11) is -2.18. The minimum absolute atomic E-state index is 0.0918. The van der Waals surface area contributed by atoms with Gasteiger partial charge >= 0.3 is 0 Å². The normalized spacial score (nSPS) is 11.4. The predicted molar refractivity (Wildman–Crippen MR) is 79.4 cm³/mol. The van der Waals surface area contributed by atoms with Crippen molar-refractivity contribution >= 4 is 15.7 Å². The highest BCUT2D eigenvalue weighted by Gasteiger charge is 2.23. The minimum atomic E-state index is -3.66. The van der Waals surface area contributed by atoms with Crippen molar-refractivity contribution in [2.45, 2.75) is 24.8 Å². The van der Waals surface area contributed by atoms with E-state index < -0.39 is 10.0 Å². The molecular formula is C14H16N4O2S. The maximum atomic E-state index is 12.5. The van der Waals surface area contributed by atoms with Gasteiger partial charge in [-0.1, -0.05) is 0 Å². The lowest BCUT2D eigenvalue weighted by molar-refractivity contribution is 0.531. The first-order chi connectivity index (χ1) is 9.86. The summed E-state index contributed by atoms with van der Waals surface area (Å²) in [6, 6.07) is 8.45. The number of nitriles is 1. The number of hydrogen-bond donors (Lipinski definition) is 0. The van der Waals surface area contributed by atoms with Gasteiger partial charge in [0.1, 0.15) is 4.90 Å². The molecule has 0 atom stereocenters. The Hall–Kier alpha value is -2.33. The summed E-state index contributed by atoms with van der Waals surface area (Å²) in [5.74, 6) is 0. The molecule has 7 heteroatoms. The van der Waals surface area contributed by atoms with E-state index >= 15 is 0 Å². The fraction of sp³-hybridized carbons (Fsp3) is 0.286. The van der Waals surface area contributed by atoms with Crippen LogP contribution in [0.25, 0.3) is 0 Å². The van der Waals surface area contributed by atoms with Crippen LogP contribution in [-0.4, -0.2) is 25.2 Å². The summed E-state index contributed by atoms with van der Waals surface area (Å²) < 4.78 is 27.8. The molecule has 21 heavy (non-hydrogen) atoms. The molecule has 0 aliphatic carbocycles. The van der Waals surface area contributed by atoms with Gasteiger partial charge in [0.2, 0.25) is 0 Å². The van der Waals surface area contributed by atoms with Gasteiger partial charge in [0.05, 0.1) is 23.5 Å². The number of anilines is 1. The van der Waals surface area contributed by atoms with Crippen LogP contribution in [0, 0.1) is 11.3 Å². The molecule has 0 unspecified atom stereocenters. The van der Waals surface area contributed by atoms with Crippen molar-refractivity contribution in [3.63, 3.8) is 0 Å². The van der Waals surface area contributed by atoms with Gasteiger partial charge in [0.15, 0.2) is 0 Å². The number of rotatable bonds is 4. The summed E-state index contributed by atoms with van der Waals surface area (Å²) in [6.07, 6.45) is 2.86. The first kappa shape index (κ1) is 15.1. The lowest BCUT2D eigenvalue weighted by atomic mass is 10.2. The average molecular weight is 304 g/mol. The first-order valence-electron chi connectivity index (χ1n) is 6.39. The van der Waals surface area contributed by atoms with Gasteiger partial charge in [-0.2, -0.15) is 10.4 Å². The van der Waals surface area contributed by atoms with E-state index in [0.717, 1.165) is 0 Å². The molecule has 0 bridgehead atoms. The van der Waals surface area contributed by atoms with Crippen molar-refractivity contribution in [3.05, 3.63) is 42.2 Å². The summed E-state index contributed by atoms with van der Waals surface area (Å²) in [4.78, 5) is 0.142. The standard InChI is InChI=1S/C14H16N4O2S/c1-11(2)18-10-14(9-16-18)21(19,20)17(3)13-6-4-12(8-15)5-7-13/h4-7,9-11H,1-3H3. The number of hydrogen-bond acceptors (Lipinski definition) is 4. The number of aromatic nitrogens is 2. The molecule has 6 nitrogen and oxygen atoms in total. The zero-order valence-electron chi connectivity index (χ0n) is 12.1. The second-order valence-corrected chi connectivity index (χ2v) is 6.85. The molecule has 0 saturated heterocycles. The molecule has 1 aromatic carbocycles. The van der Waals surface area contributed by atoms with Crippen LogP contribution in [0.15, 0.2) is 41.6 Å². The molecule has 0 radical (unpaired) electrons. The van der Waals surface area contributed by atoms with Crippen molar-refractivity contribution in [2.24, 2.45) is 0 Å². The number of sulfonamides is 1. The zero-order chi connectivity index (χ0) is 15.6. The lowest BCUT2D eigenvalue weighted by Crippen LogP contribution is -2.26. The zero-order valence-corrected chi connectivity index (χ0v) is 12.9. The van der Waals surface area contributed by atoms with E-state index in [1.165, 1.54) is 23.7 Å². The second kappa shape index (κ2) is 5.58. The summed E-state index contributed by atoms with van der Waals surface area (Å²) in [6.45, 7) is 3.85. The Bertz CT molecular complexity index is 770. The Morgan fingerprint density at radius 2 is 1.90 bits per heavy atom. The van der Waals surface area contributed by atoms with Gasteiger partial charge in [0, 0.05) is 19.3 Å². The molecule has 0 amide bonds. The van der Waals surface area contributed by atoms with Crippen LogP contribution in [0.2, 0.25) is 0 Å². The second-order valence-electron chi connectivity index (χ2n) is 4.88. The Morgan fingerprint density at radius 3 is 2.38 bits per heavy atom. The summed E-state index contributed by atoms with van der Waals surface area (Å²) in [5, 5.41) is 12.8. The maximum Gasteiger partial charge on any atom is 0.267 e. The first-order valence-corrected chi connectivity index (χ1v) is 7.83. The van der Waals surface area contributed by atoms with Gasteiger partial charge in [-0.15, -0.1) is 0 Å². The van der Waals surface area contributed by atoms with Crippen molar-refractivity contribution in [2.75, 3.05) is 11.4 Å². The van der Waals surface area contributed by atoms with Crippen LogP contribution in [-0.2, 0) is 10.0 Å².